The van der Waals surface area contributed by atoms with Crippen LogP contribution in [0.2, 0.25) is 0 Å². The van der Waals surface area contributed by atoms with Gasteiger partial charge in [0.2, 0.25) is 18.1 Å². The molecule has 0 aromatic heterocycles. The maximum atomic E-state index is 12.7. The van der Waals surface area contributed by atoms with E-state index in [9.17, 15) is 45.0 Å². The third-order valence-electron chi connectivity index (χ3n) is 5.42. The molecule has 2 aliphatic rings. The Hall–Kier alpha value is -1.95. The van der Waals surface area contributed by atoms with Crippen molar-refractivity contribution >= 4 is 17.8 Å². The van der Waals surface area contributed by atoms with Gasteiger partial charge in [-0.05, 0) is 6.92 Å². The summed E-state index contributed by atoms with van der Waals surface area (Å²) < 4.78 is 21.1. The van der Waals surface area contributed by atoms with Crippen LogP contribution in [0, 0.1) is 0 Å². The van der Waals surface area contributed by atoms with E-state index < -0.39 is 98.4 Å². The van der Waals surface area contributed by atoms with Crippen molar-refractivity contribution < 1.29 is 64.0 Å². The number of carbonyl (C=O) groups is 3. The molecular formula is C19H32N2O13. The molecule has 0 radical (unpaired) electrons. The molecule has 2 heterocycles. The molecule has 2 fully saturated rings. The first-order valence-electron chi connectivity index (χ1n) is 10.6. The van der Waals surface area contributed by atoms with E-state index in [4.69, 9.17) is 18.9 Å². The van der Waals surface area contributed by atoms with Crippen molar-refractivity contribution in [3.8, 4) is 0 Å². The van der Waals surface area contributed by atoms with Crippen LogP contribution >= 0.6 is 0 Å². The second-order valence-corrected chi connectivity index (χ2v) is 8.08. The first-order valence-corrected chi connectivity index (χ1v) is 10.6. The molecule has 2 aliphatic heterocycles. The Balaban J connectivity index is 2.16. The lowest BCUT2D eigenvalue weighted by Crippen LogP contribution is -2.66. The number of aliphatic hydroxyl groups is 6. The van der Waals surface area contributed by atoms with E-state index in [0.717, 1.165) is 13.8 Å². The molecule has 0 spiro atoms. The summed E-state index contributed by atoms with van der Waals surface area (Å²) in [4.78, 5) is 35.7. The molecule has 2 saturated heterocycles. The Labute approximate surface area is 194 Å². The van der Waals surface area contributed by atoms with E-state index in [2.05, 4.69) is 10.6 Å². The average molecular weight is 496 g/mol. The van der Waals surface area contributed by atoms with Crippen LogP contribution in [-0.4, -0.2) is 129 Å². The van der Waals surface area contributed by atoms with Crippen molar-refractivity contribution in [1.82, 2.24) is 10.6 Å². The minimum Gasteiger partial charge on any atom is -0.431 e. The van der Waals surface area contributed by atoms with E-state index in [0.29, 0.717) is 0 Å². The van der Waals surface area contributed by atoms with E-state index in [1.807, 2.05) is 0 Å². The van der Waals surface area contributed by atoms with Crippen molar-refractivity contribution in [2.24, 2.45) is 0 Å². The van der Waals surface area contributed by atoms with Crippen molar-refractivity contribution in [1.29, 1.82) is 0 Å². The van der Waals surface area contributed by atoms with Gasteiger partial charge in [0.05, 0.1) is 13.2 Å². The van der Waals surface area contributed by atoms with Crippen molar-refractivity contribution in [2.75, 3.05) is 13.2 Å². The molecule has 15 heteroatoms. The van der Waals surface area contributed by atoms with Gasteiger partial charge in [-0.2, -0.15) is 0 Å². The highest BCUT2D eigenvalue weighted by Crippen LogP contribution is 2.26. The highest BCUT2D eigenvalue weighted by Gasteiger charge is 2.49. The van der Waals surface area contributed by atoms with Crippen LogP contribution in [0.5, 0.6) is 0 Å². The third-order valence-corrected chi connectivity index (χ3v) is 5.42. The number of hydrogen-bond acceptors (Lipinski definition) is 13. The van der Waals surface area contributed by atoms with Gasteiger partial charge in [-0.1, -0.05) is 0 Å². The zero-order valence-corrected chi connectivity index (χ0v) is 18.8. The zero-order chi connectivity index (χ0) is 25.7. The van der Waals surface area contributed by atoms with E-state index in [1.165, 1.54) is 6.92 Å². The fourth-order valence-electron chi connectivity index (χ4n) is 3.71. The van der Waals surface area contributed by atoms with Crippen molar-refractivity contribution in [3.63, 3.8) is 0 Å². The summed E-state index contributed by atoms with van der Waals surface area (Å²) in [6, 6.07) is -2.69. The van der Waals surface area contributed by atoms with E-state index in [1.54, 1.807) is 0 Å². The lowest BCUT2D eigenvalue weighted by atomic mass is 9.96. The number of hydrogen-bond donors (Lipinski definition) is 8. The standard InChI is InChI=1S/C19H32N2O13/c1-6(31-16-12(21-8(3)25)18(30)32-10(5-23)14(16)27)17(29)34-19-11(20-7(2)24)15(28)13(26)9(4-22)33-19/h6,9-16,18-19,22-23,26-28,30H,4-5H2,1-3H3,(H,20,24)(H,21,25)/t6?,9-,10-,11-,12-,13-,14-,15-,16-,18+,19?/m1/s1. The van der Waals surface area contributed by atoms with E-state index >= 15 is 0 Å². The number of carbonyl (C=O) groups excluding carboxylic acids is 3. The summed E-state index contributed by atoms with van der Waals surface area (Å²) in [5, 5.41) is 64.3. The number of amides is 2. The number of ether oxygens (including phenoxy) is 4. The molecule has 2 unspecified atom stereocenters. The average Bonchev–Trinajstić information content (AvgIpc) is 2.77. The first kappa shape index (κ1) is 28.3. The largest absolute Gasteiger partial charge is 0.431 e. The smallest absolute Gasteiger partial charge is 0.337 e. The van der Waals surface area contributed by atoms with Gasteiger partial charge < -0.3 is 60.2 Å². The zero-order valence-electron chi connectivity index (χ0n) is 18.8. The van der Waals surface area contributed by atoms with Gasteiger partial charge in [0.15, 0.2) is 12.4 Å². The molecule has 34 heavy (non-hydrogen) atoms. The summed E-state index contributed by atoms with van der Waals surface area (Å²) in [5.74, 6) is -2.32. The molecule has 0 saturated carbocycles. The van der Waals surface area contributed by atoms with Crippen LogP contribution in [0.1, 0.15) is 20.8 Å². The maximum Gasteiger partial charge on any atom is 0.337 e. The highest BCUT2D eigenvalue weighted by atomic mass is 16.7. The third kappa shape index (κ3) is 6.59. The van der Waals surface area contributed by atoms with Gasteiger partial charge in [-0.25, -0.2) is 4.79 Å². The topological polar surface area (TPSA) is 234 Å². The minimum absolute atomic E-state index is 0.595. The molecule has 2 rings (SSSR count). The SMILES string of the molecule is CC(=O)N[C@@H]1[C@@H](OC(C)C(=O)OC2O[C@H](CO)[C@@H](O)[C@H](O)[C@H]2NC(C)=O)[C@H](O)[C@@H](CO)O[C@@H]1O. The molecule has 15 nitrogen and oxygen atoms in total. The molecule has 8 N–H and O–H groups in total. The van der Waals surface area contributed by atoms with Gasteiger partial charge in [-0.3, -0.25) is 9.59 Å². The number of aliphatic hydroxyl groups excluding tert-OH is 6. The summed E-state index contributed by atoms with van der Waals surface area (Å²) in [7, 11) is 0. The van der Waals surface area contributed by atoms with E-state index in [-0.39, 0.29) is 0 Å². The van der Waals surface area contributed by atoms with Gasteiger partial charge in [-0.15, -0.1) is 0 Å². The number of nitrogens with one attached hydrogen (secondary N) is 2. The molecule has 2 amide bonds. The first-order chi connectivity index (χ1) is 15.9. The summed E-state index contributed by atoms with van der Waals surface area (Å²) in [5.41, 5.74) is 0. The molecule has 11 atom stereocenters. The summed E-state index contributed by atoms with van der Waals surface area (Å²) in [6.07, 6.45) is -13.6. The van der Waals surface area contributed by atoms with Crippen LogP contribution in [0.25, 0.3) is 0 Å². The van der Waals surface area contributed by atoms with Crippen LogP contribution < -0.4 is 10.6 Å². The van der Waals surface area contributed by atoms with Crippen LogP contribution in [0.4, 0.5) is 0 Å². The molecule has 0 bridgehead atoms. The summed E-state index contributed by atoms with van der Waals surface area (Å²) in [6.45, 7) is 2.07. The minimum atomic E-state index is -1.68. The predicted octanol–water partition coefficient (Wildman–Crippen LogP) is -5.18. The quantitative estimate of drug-likeness (QED) is 0.147. The molecule has 196 valence electrons. The Bertz CT molecular complexity index is 724. The van der Waals surface area contributed by atoms with Crippen LogP contribution in [0.15, 0.2) is 0 Å². The molecule has 0 aliphatic carbocycles. The Morgan fingerprint density at radius 2 is 1.38 bits per heavy atom. The fraction of sp³-hybridized carbons (Fsp3) is 0.842. The molecule has 0 aromatic rings. The monoisotopic (exact) mass is 496 g/mol. The Morgan fingerprint density at radius 3 is 1.91 bits per heavy atom. The highest BCUT2D eigenvalue weighted by molar-refractivity contribution is 5.75. The van der Waals surface area contributed by atoms with Gasteiger partial charge in [0.1, 0.15) is 48.7 Å². The van der Waals surface area contributed by atoms with Crippen molar-refractivity contribution in [2.45, 2.75) is 88.2 Å². The van der Waals surface area contributed by atoms with Crippen LogP contribution in [-0.2, 0) is 33.3 Å². The second kappa shape index (κ2) is 12.1. The molecular weight excluding hydrogens is 464 g/mol. The van der Waals surface area contributed by atoms with Gasteiger partial charge in [0.25, 0.3) is 0 Å². The molecule has 0 aromatic carbocycles. The normalized spacial score (nSPS) is 39.1. The fourth-order valence-corrected chi connectivity index (χ4v) is 3.71. The number of esters is 1. The van der Waals surface area contributed by atoms with Gasteiger partial charge in [0, 0.05) is 13.8 Å². The number of rotatable bonds is 8. The Morgan fingerprint density at radius 1 is 0.853 bits per heavy atom. The maximum absolute atomic E-state index is 12.7. The lowest BCUT2D eigenvalue weighted by Gasteiger charge is -2.43. The lowest BCUT2D eigenvalue weighted by molar-refractivity contribution is -0.278. The van der Waals surface area contributed by atoms with Crippen LogP contribution in [0.3, 0.4) is 0 Å². The van der Waals surface area contributed by atoms with Crippen molar-refractivity contribution in [3.05, 3.63) is 0 Å². The summed E-state index contributed by atoms with van der Waals surface area (Å²) >= 11 is 0. The predicted molar refractivity (Wildman–Crippen MR) is 107 cm³/mol. The second-order valence-electron chi connectivity index (χ2n) is 8.08. The van der Waals surface area contributed by atoms with Gasteiger partial charge >= 0.3 is 5.97 Å². The Kier molecular flexibility index (Phi) is 10.1.